The fourth-order valence-electron chi connectivity index (χ4n) is 3.63. The first-order valence-electron chi connectivity index (χ1n) is 9.94. The lowest BCUT2D eigenvalue weighted by molar-refractivity contribution is 0.476. The molecule has 0 amide bonds. The molecule has 7 nitrogen and oxygen atoms in total. The van der Waals surface area contributed by atoms with Crippen molar-refractivity contribution in [1.82, 2.24) is 19.4 Å². The zero-order valence-corrected chi connectivity index (χ0v) is 17.9. The van der Waals surface area contributed by atoms with Gasteiger partial charge in [-0.3, -0.25) is 5.32 Å². The summed E-state index contributed by atoms with van der Waals surface area (Å²) < 4.78 is 7.80. The maximum atomic E-state index is 6.46. The van der Waals surface area contributed by atoms with E-state index in [1.54, 1.807) is 6.33 Å². The number of nitrogens with zero attached hydrogens (tertiary/aromatic N) is 5. The maximum Gasteiger partial charge on any atom is 0.302 e. The van der Waals surface area contributed by atoms with Gasteiger partial charge in [0, 0.05) is 24.0 Å². The van der Waals surface area contributed by atoms with Crippen LogP contribution >= 0.6 is 11.6 Å². The van der Waals surface area contributed by atoms with E-state index in [1.165, 1.54) is 0 Å². The number of allylic oxidation sites excluding steroid dienone is 1. The molecule has 1 N–H and O–H groups in total. The molecule has 0 radical (unpaired) electrons. The molecule has 8 heteroatoms. The van der Waals surface area contributed by atoms with Gasteiger partial charge >= 0.3 is 6.01 Å². The van der Waals surface area contributed by atoms with Crippen LogP contribution in [-0.4, -0.2) is 25.4 Å². The van der Waals surface area contributed by atoms with E-state index in [1.807, 2.05) is 66.3 Å². The fourth-order valence-corrected chi connectivity index (χ4v) is 3.88. The van der Waals surface area contributed by atoms with Gasteiger partial charge in [-0.2, -0.15) is 4.98 Å². The highest BCUT2D eigenvalue weighted by Gasteiger charge is 2.25. The second kappa shape index (κ2) is 7.92. The van der Waals surface area contributed by atoms with E-state index in [0.717, 1.165) is 22.5 Å². The summed E-state index contributed by atoms with van der Waals surface area (Å²) in [5.41, 5.74) is 4.40. The highest BCUT2D eigenvalue weighted by Crippen LogP contribution is 2.32. The highest BCUT2D eigenvalue weighted by molar-refractivity contribution is 6.31. The SMILES string of the molecule is CC1=C[C@H](c2ccccc2Cl)N=C(Nc2nc3ccccc3o2)N1Cc1cn(C)cn1. The standard InChI is InChI=1S/C23H21ClN6O/c1-15-11-20(17-7-3-4-8-18(17)24)26-22(30(15)13-16-12-29(2)14-25-16)28-23-27-19-9-5-6-10-21(19)31-23/h3-12,14,20H,13H2,1-2H3,(H,26,27,28)/t20-/m1/s1. The third-order valence-electron chi connectivity index (χ3n) is 5.16. The molecule has 1 atom stereocenters. The van der Waals surface area contributed by atoms with Crippen molar-refractivity contribution in [1.29, 1.82) is 0 Å². The molecule has 4 aromatic rings. The molecule has 3 heterocycles. The van der Waals surface area contributed by atoms with Gasteiger partial charge in [-0.05, 0) is 36.8 Å². The first-order valence-corrected chi connectivity index (χ1v) is 10.3. The van der Waals surface area contributed by atoms with Gasteiger partial charge in [0.2, 0.25) is 5.96 Å². The van der Waals surface area contributed by atoms with Crippen molar-refractivity contribution in [2.45, 2.75) is 19.5 Å². The molecule has 0 bridgehead atoms. The van der Waals surface area contributed by atoms with Crippen LogP contribution < -0.4 is 5.32 Å². The topological polar surface area (TPSA) is 71.5 Å². The Morgan fingerprint density at radius 3 is 2.71 bits per heavy atom. The predicted molar refractivity (Wildman–Crippen MR) is 122 cm³/mol. The van der Waals surface area contributed by atoms with Crippen LogP contribution in [-0.2, 0) is 13.6 Å². The maximum absolute atomic E-state index is 6.46. The molecule has 0 fully saturated rings. The number of imidazole rings is 1. The average Bonchev–Trinajstić information content (AvgIpc) is 3.35. The largest absolute Gasteiger partial charge is 0.423 e. The molecule has 0 aliphatic carbocycles. The van der Waals surface area contributed by atoms with Crippen molar-refractivity contribution in [3.8, 4) is 0 Å². The summed E-state index contributed by atoms with van der Waals surface area (Å²) in [5.74, 6) is 0.627. The van der Waals surface area contributed by atoms with E-state index in [4.69, 9.17) is 21.0 Å². The van der Waals surface area contributed by atoms with Crippen LogP contribution in [0.15, 0.2) is 82.2 Å². The number of benzene rings is 2. The van der Waals surface area contributed by atoms with E-state index in [-0.39, 0.29) is 6.04 Å². The van der Waals surface area contributed by atoms with E-state index in [9.17, 15) is 0 Å². The number of aryl methyl sites for hydroxylation is 1. The van der Waals surface area contributed by atoms with Gasteiger partial charge in [-0.25, -0.2) is 9.98 Å². The lowest BCUT2D eigenvalue weighted by atomic mass is 10.0. The minimum atomic E-state index is -0.222. The molecule has 0 saturated heterocycles. The van der Waals surface area contributed by atoms with Gasteiger partial charge < -0.3 is 13.9 Å². The van der Waals surface area contributed by atoms with E-state index < -0.39 is 0 Å². The van der Waals surface area contributed by atoms with Crippen LogP contribution in [0.1, 0.15) is 24.2 Å². The second-order valence-corrected chi connectivity index (χ2v) is 7.86. The number of nitrogens with one attached hydrogen (secondary N) is 1. The van der Waals surface area contributed by atoms with Crippen molar-refractivity contribution >= 4 is 34.7 Å². The summed E-state index contributed by atoms with van der Waals surface area (Å²) in [6.45, 7) is 2.61. The number of hydrogen-bond acceptors (Lipinski definition) is 6. The van der Waals surface area contributed by atoms with Gasteiger partial charge in [-0.15, -0.1) is 0 Å². The summed E-state index contributed by atoms with van der Waals surface area (Å²) in [6, 6.07) is 15.6. The molecule has 31 heavy (non-hydrogen) atoms. The highest BCUT2D eigenvalue weighted by atomic mass is 35.5. The molecule has 2 aromatic heterocycles. The van der Waals surface area contributed by atoms with Gasteiger partial charge in [0.15, 0.2) is 5.58 Å². The molecule has 1 aliphatic heterocycles. The molecule has 1 aliphatic rings. The van der Waals surface area contributed by atoms with E-state index in [0.29, 0.717) is 29.1 Å². The van der Waals surface area contributed by atoms with Crippen LogP contribution in [0.2, 0.25) is 5.02 Å². The molecular weight excluding hydrogens is 412 g/mol. The lowest BCUT2D eigenvalue weighted by Crippen LogP contribution is -2.37. The Bertz CT molecular complexity index is 1270. The molecule has 0 saturated carbocycles. The van der Waals surface area contributed by atoms with E-state index >= 15 is 0 Å². The summed E-state index contributed by atoms with van der Waals surface area (Å²) in [5, 5.41) is 3.96. The van der Waals surface area contributed by atoms with Crippen molar-refractivity contribution in [3.05, 3.63) is 89.1 Å². The van der Waals surface area contributed by atoms with Crippen molar-refractivity contribution in [2.75, 3.05) is 5.32 Å². The Labute approximate surface area is 184 Å². The van der Waals surface area contributed by atoms with Gasteiger partial charge in [0.1, 0.15) is 11.6 Å². The van der Waals surface area contributed by atoms with Crippen molar-refractivity contribution < 1.29 is 4.42 Å². The second-order valence-electron chi connectivity index (χ2n) is 7.46. The van der Waals surface area contributed by atoms with Gasteiger partial charge in [0.05, 0.1) is 18.6 Å². The smallest absolute Gasteiger partial charge is 0.302 e. The Morgan fingerprint density at radius 1 is 1.13 bits per heavy atom. The Morgan fingerprint density at radius 2 is 1.94 bits per heavy atom. The number of aliphatic imine (C=N–C) groups is 1. The van der Waals surface area contributed by atoms with Gasteiger partial charge in [-0.1, -0.05) is 41.9 Å². The third kappa shape index (κ3) is 3.92. The van der Waals surface area contributed by atoms with Crippen LogP contribution in [0.25, 0.3) is 11.1 Å². The first kappa shape index (κ1) is 19.4. The Hall–Kier alpha value is -3.58. The molecule has 0 unspecified atom stereocenters. The zero-order valence-electron chi connectivity index (χ0n) is 17.2. The molecule has 156 valence electrons. The minimum absolute atomic E-state index is 0.222. The zero-order chi connectivity index (χ0) is 21.4. The Kier molecular flexibility index (Phi) is 4.95. The molecular formula is C23H21ClN6O. The number of fused-ring (bicyclic) bond motifs is 1. The average molecular weight is 433 g/mol. The summed E-state index contributed by atoms with van der Waals surface area (Å²) in [7, 11) is 1.95. The number of guanidine groups is 1. The lowest BCUT2D eigenvalue weighted by Gasteiger charge is -2.31. The summed E-state index contributed by atoms with van der Waals surface area (Å²) >= 11 is 6.46. The number of rotatable bonds is 4. The first-order chi connectivity index (χ1) is 15.1. The van der Waals surface area contributed by atoms with Crippen molar-refractivity contribution in [2.24, 2.45) is 12.0 Å². The number of anilines is 1. The molecule has 2 aromatic carbocycles. The van der Waals surface area contributed by atoms with Crippen LogP contribution in [0.3, 0.4) is 0 Å². The predicted octanol–water partition coefficient (Wildman–Crippen LogP) is 5.14. The molecule has 5 rings (SSSR count). The Balaban J connectivity index is 1.52. The molecule has 0 spiro atoms. The minimum Gasteiger partial charge on any atom is -0.423 e. The van der Waals surface area contributed by atoms with Crippen molar-refractivity contribution in [3.63, 3.8) is 0 Å². The third-order valence-corrected chi connectivity index (χ3v) is 5.50. The monoisotopic (exact) mass is 432 g/mol. The van der Waals surface area contributed by atoms with E-state index in [2.05, 4.69) is 33.2 Å². The summed E-state index contributed by atoms with van der Waals surface area (Å²) in [4.78, 5) is 16.0. The van der Waals surface area contributed by atoms with Crippen LogP contribution in [0.5, 0.6) is 0 Å². The van der Waals surface area contributed by atoms with Crippen LogP contribution in [0.4, 0.5) is 6.01 Å². The van der Waals surface area contributed by atoms with Crippen LogP contribution in [0, 0.1) is 0 Å². The number of hydrogen-bond donors (Lipinski definition) is 1. The number of para-hydroxylation sites is 2. The van der Waals surface area contributed by atoms with Gasteiger partial charge in [0.25, 0.3) is 0 Å². The number of oxazole rings is 1. The number of aromatic nitrogens is 3. The summed E-state index contributed by atoms with van der Waals surface area (Å²) in [6.07, 6.45) is 5.88. The quantitative estimate of drug-likeness (QED) is 0.483. The normalized spacial score (nSPS) is 16.4. The fraction of sp³-hybridized carbons (Fsp3) is 0.174. The number of halogens is 1.